The lowest BCUT2D eigenvalue weighted by molar-refractivity contribution is 0.0787. The molecule has 1 aliphatic rings. The molecule has 2 rings (SSSR count). The lowest BCUT2D eigenvalue weighted by Gasteiger charge is -2.41. The molecule has 1 fully saturated rings. The third kappa shape index (κ3) is 3.08. The Morgan fingerprint density at radius 3 is 2.53 bits per heavy atom. The van der Waals surface area contributed by atoms with Crippen LogP contribution in [0, 0.1) is 0 Å². The molecule has 0 heterocycles. The van der Waals surface area contributed by atoms with Crippen LogP contribution >= 0.6 is 0 Å². The maximum absolute atomic E-state index is 9.01. The third-order valence-electron chi connectivity index (χ3n) is 3.90. The fourth-order valence-electron chi connectivity index (χ4n) is 2.59. The van der Waals surface area contributed by atoms with E-state index < -0.39 is 0 Å². The van der Waals surface area contributed by atoms with Gasteiger partial charge in [0, 0.05) is 25.2 Å². The number of aliphatic hydroxyl groups is 1. The Labute approximate surface area is 104 Å². The van der Waals surface area contributed by atoms with Crippen molar-refractivity contribution in [3.8, 4) is 0 Å². The minimum absolute atomic E-state index is 0.296. The number of nitrogens with zero attached hydrogens (tertiary/aromatic N) is 1. The molecule has 1 N–H and O–H groups in total. The van der Waals surface area contributed by atoms with Gasteiger partial charge in [-0.05, 0) is 31.7 Å². The molecule has 2 heteroatoms. The summed E-state index contributed by atoms with van der Waals surface area (Å²) in [6, 6.07) is 11.9. The van der Waals surface area contributed by atoms with Gasteiger partial charge in [-0.15, -0.1) is 0 Å². The van der Waals surface area contributed by atoms with Crippen LogP contribution in [0.1, 0.15) is 44.2 Å². The summed E-state index contributed by atoms with van der Waals surface area (Å²) in [6.45, 7) is 3.59. The standard InChI is InChI=1S/C15H23NO/c1-13(14-7-3-2-4-8-14)16(11-6-12-17)15-9-5-10-15/h2-4,7-8,13,15,17H,5-6,9-12H2,1H3. The molecule has 0 amide bonds. The second-order valence-corrected chi connectivity index (χ2v) is 4.99. The van der Waals surface area contributed by atoms with Crippen LogP contribution in [0.5, 0.6) is 0 Å². The van der Waals surface area contributed by atoms with E-state index in [-0.39, 0.29) is 0 Å². The van der Waals surface area contributed by atoms with E-state index in [0.29, 0.717) is 12.6 Å². The zero-order valence-electron chi connectivity index (χ0n) is 10.7. The fourth-order valence-corrected chi connectivity index (χ4v) is 2.59. The molecule has 1 aliphatic carbocycles. The monoisotopic (exact) mass is 233 g/mol. The molecule has 0 spiro atoms. The molecule has 94 valence electrons. The minimum atomic E-state index is 0.296. The van der Waals surface area contributed by atoms with E-state index in [1.54, 1.807) is 0 Å². The van der Waals surface area contributed by atoms with Gasteiger partial charge >= 0.3 is 0 Å². The SMILES string of the molecule is CC(c1ccccc1)N(CCCO)C1CCC1. The second-order valence-electron chi connectivity index (χ2n) is 4.99. The van der Waals surface area contributed by atoms with E-state index in [9.17, 15) is 0 Å². The van der Waals surface area contributed by atoms with Crippen LogP contribution in [-0.4, -0.2) is 29.2 Å². The zero-order chi connectivity index (χ0) is 12.1. The van der Waals surface area contributed by atoms with E-state index >= 15 is 0 Å². The first-order valence-corrected chi connectivity index (χ1v) is 6.74. The highest BCUT2D eigenvalue weighted by molar-refractivity contribution is 5.18. The van der Waals surface area contributed by atoms with Crippen molar-refractivity contribution in [1.82, 2.24) is 4.90 Å². The molecule has 0 aromatic heterocycles. The van der Waals surface area contributed by atoms with E-state index in [1.165, 1.54) is 24.8 Å². The predicted molar refractivity (Wildman–Crippen MR) is 70.9 cm³/mol. The Hall–Kier alpha value is -0.860. The van der Waals surface area contributed by atoms with Crippen LogP contribution in [0.3, 0.4) is 0 Å². The fraction of sp³-hybridized carbons (Fsp3) is 0.600. The molecular formula is C15H23NO. The number of hydrogen-bond donors (Lipinski definition) is 1. The highest BCUT2D eigenvalue weighted by Crippen LogP contribution is 2.32. The second kappa shape index (κ2) is 6.18. The topological polar surface area (TPSA) is 23.5 Å². The lowest BCUT2D eigenvalue weighted by Crippen LogP contribution is -2.42. The van der Waals surface area contributed by atoms with Gasteiger partial charge in [-0.2, -0.15) is 0 Å². The van der Waals surface area contributed by atoms with E-state index in [0.717, 1.165) is 19.0 Å². The van der Waals surface area contributed by atoms with Crippen LogP contribution in [0.15, 0.2) is 30.3 Å². The summed E-state index contributed by atoms with van der Waals surface area (Å²) >= 11 is 0. The largest absolute Gasteiger partial charge is 0.396 e. The Kier molecular flexibility index (Phi) is 4.57. The van der Waals surface area contributed by atoms with Gasteiger partial charge < -0.3 is 5.11 Å². The van der Waals surface area contributed by atoms with Crippen LogP contribution in [0.2, 0.25) is 0 Å². The predicted octanol–water partition coefficient (Wildman–Crippen LogP) is 2.98. The van der Waals surface area contributed by atoms with Gasteiger partial charge in [-0.1, -0.05) is 36.8 Å². The quantitative estimate of drug-likeness (QED) is 0.816. The molecule has 1 aromatic rings. The van der Waals surface area contributed by atoms with Crippen molar-refractivity contribution < 1.29 is 5.11 Å². The van der Waals surface area contributed by atoms with E-state index in [4.69, 9.17) is 5.11 Å². The molecule has 0 radical (unpaired) electrons. The molecule has 1 unspecified atom stereocenters. The summed E-state index contributed by atoms with van der Waals surface area (Å²) in [4.78, 5) is 2.56. The Morgan fingerprint density at radius 2 is 2.00 bits per heavy atom. The highest BCUT2D eigenvalue weighted by Gasteiger charge is 2.28. The first kappa shape index (κ1) is 12.6. The van der Waals surface area contributed by atoms with Crippen molar-refractivity contribution >= 4 is 0 Å². The number of benzene rings is 1. The maximum atomic E-state index is 9.01. The molecule has 17 heavy (non-hydrogen) atoms. The van der Waals surface area contributed by atoms with Crippen molar-refractivity contribution in [1.29, 1.82) is 0 Å². The number of rotatable bonds is 6. The van der Waals surface area contributed by atoms with E-state index in [2.05, 4.69) is 42.2 Å². The van der Waals surface area contributed by atoms with Crippen molar-refractivity contribution in [3.63, 3.8) is 0 Å². The molecular weight excluding hydrogens is 210 g/mol. The number of aliphatic hydroxyl groups excluding tert-OH is 1. The molecule has 2 nitrogen and oxygen atoms in total. The van der Waals surface area contributed by atoms with Crippen molar-refractivity contribution in [3.05, 3.63) is 35.9 Å². The van der Waals surface area contributed by atoms with Crippen molar-refractivity contribution in [2.24, 2.45) is 0 Å². The van der Waals surface area contributed by atoms with E-state index in [1.807, 2.05) is 0 Å². The highest BCUT2D eigenvalue weighted by atomic mass is 16.3. The molecule has 1 atom stereocenters. The van der Waals surface area contributed by atoms with Crippen molar-refractivity contribution in [2.75, 3.05) is 13.2 Å². The molecule has 0 saturated heterocycles. The van der Waals surface area contributed by atoms with Gasteiger partial charge in [-0.25, -0.2) is 0 Å². The normalized spacial score (nSPS) is 18.1. The van der Waals surface area contributed by atoms with Crippen LogP contribution in [0.25, 0.3) is 0 Å². The summed E-state index contributed by atoms with van der Waals surface area (Å²) in [5.41, 5.74) is 1.39. The average molecular weight is 233 g/mol. The zero-order valence-corrected chi connectivity index (χ0v) is 10.7. The summed E-state index contributed by atoms with van der Waals surface area (Å²) in [6.07, 6.45) is 4.89. The number of hydrogen-bond acceptors (Lipinski definition) is 2. The Morgan fingerprint density at radius 1 is 1.29 bits per heavy atom. The third-order valence-corrected chi connectivity index (χ3v) is 3.90. The maximum Gasteiger partial charge on any atom is 0.0443 e. The van der Waals surface area contributed by atoms with Gasteiger partial charge in [0.25, 0.3) is 0 Å². The first-order valence-electron chi connectivity index (χ1n) is 6.74. The lowest BCUT2D eigenvalue weighted by atomic mass is 9.89. The average Bonchev–Trinajstić information content (AvgIpc) is 2.32. The molecule has 0 aliphatic heterocycles. The molecule has 0 bridgehead atoms. The first-order chi connectivity index (χ1) is 8.33. The van der Waals surface area contributed by atoms with Crippen LogP contribution in [0.4, 0.5) is 0 Å². The molecule has 1 aromatic carbocycles. The van der Waals surface area contributed by atoms with Gasteiger partial charge in [0.1, 0.15) is 0 Å². The minimum Gasteiger partial charge on any atom is -0.396 e. The van der Waals surface area contributed by atoms with Crippen molar-refractivity contribution in [2.45, 2.75) is 44.7 Å². The van der Waals surface area contributed by atoms with Gasteiger partial charge in [0.05, 0.1) is 0 Å². The van der Waals surface area contributed by atoms with Gasteiger partial charge in [0.15, 0.2) is 0 Å². The van der Waals surface area contributed by atoms with Crippen LogP contribution < -0.4 is 0 Å². The van der Waals surface area contributed by atoms with Gasteiger partial charge in [-0.3, -0.25) is 4.90 Å². The van der Waals surface area contributed by atoms with Crippen LogP contribution in [-0.2, 0) is 0 Å². The Balaban J connectivity index is 2.03. The summed E-state index contributed by atoms with van der Waals surface area (Å²) in [5, 5.41) is 9.01. The summed E-state index contributed by atoms with van der Waals surface area (Å²) in [5.74, 6) is 0. The smallest absolute Gasteiger partial charge is 0.0443 e. The Bertz CT molecular complexity index is 321. The summed E-state index contributed by atoms with van der Waals surface area (Å²) < 4.78 is 0. The summed E-state index contributed by atoms with van der Waals surface area (Å²) in [7, 11) is 0. The van der Waals surface area contributed by atoms with Gasteiger partial charge in [0.2, 0.25) is 0 Å². The molecule has 1 saturated carbocycles.